The molecule has 30 heavy (non-hydrogen) atoms. The van der Waals surface area contributed by atoms with Crippen LogP contribution in [0.2, 0.25) is 0 Å². The van der Waals surface area contributed by atoms with Gasteiger partial charge in [0.25, 0.3) is 0 Å². The van der Waals surface area contributed by atoms with Crippen LogP contribution in [0.15, 0.2) is 77.7 Å². The highest BCUT2D eigenvalue weighted by Crippen LogP contribution is 2.26. The van der Waals surface area contributed by atoms with Crippen molar-refractivity contribution in [2.75, 3.05) is 26.2 Å². The summed E-state index contributed by atoms with van der Waals surface area (Å²) in [6.45, 7) is 1.11. The Kier molecular flexibility index (Phi) is 5.65. The van der Waals surface area contributed by atoms with Gasteiger partial charge in [0.05, 0.1) is 4.90 Å². The number of hydrogen-bond acceptors (Lipinski definition) is 3. The molecule has 0 radical (unpaired) electrons. The lowest BCUT2D eigenvalue weighted by Gasteiger charge is -2.33. The van der Waals surface area contributed by atoms with E-state index < -0.39 is 10.0 Å². The summed E-state index contributed by atoms with van der Waals surface area (Å²) in [6.07, 6.45) is 3.06. The summed E-state index contributed by atoms with van der Waals surface area (Å²) in [5, 5.41) is 1.57. The summed E-state index contributed by atoms with van der Waals surface area (Å²) in [5.41, 5.74) is 0.724. The summed E-state index contributed by atoms with van der Waals surface area (Å²) in [6, 6.07) is 18.5. The molecular weight excluding hydrogens is 403 g/mol. The second-order valence-electron chi connectivity index (χ2n) is 7.09. The molecule has 3 aromatic carbocycles. The molecule has 1 amide bonds. The SMILES string of the molecule is O=C(/C=C/c1ccc(F)cc1)N1CCN(S(=O)(=O)c2cccc3ccccc23)CC1. The van der Waals surface area contributed by atoms with Crippen LogP contribution in [0.1, 0.15) is 5.56 Å². The zero-order valence-corrected chi connectivity index (χ0v) is 17.1. The van der Waals surface area contributed by atoms with Crippen molar-refractivity contribution in [3.05, 3.63) is 84.2 Å². The highest BCUT2D eigenvalue weighted by atomic mass is 32.2. The van der Waals surface area contributed by atoms with Crippen molar-refractivity contribution in [2.45, 2.75) is 4.90 Å². The van der Waals surface area contributed by atoms with Gasteiger partial charge in [0, 0.05) is 37.6 Å². The topological polar surface area (TPSA) is 57.7 Å². The van der Waals surface area contributed by atoms with Crippen molar-refractivity contribution < 1.29 is 17.6 Å². The third-order valence-corrected chi connectivity index (χ3v) is 7.16. The molecule has 0 unspecified atom stereocenters. The number of piperazine rings is 1. The lowest BCUT2D eigenvalue weighted by atomic mass is 10.1. The minimum Gasteiger partial charge on any atom is -0.337 e. The lowest BCUT2D eigenvalue weighted by Crippen LogP contribution is -2.50. The Bertz CT molecular complexity index is 1190. The van der Waals surface area contributed by atoms with E-state index in [4.69, 9.17) is 0 Å². The Labute approximate surface area is 175 Å². The third kappa shape index (κ3) is 4.13. The normalized spacial score (nSPS) is 15.7. The maximum Gasteiger partial charge on any atom is 0.246 e. The van der Waals surface area contributed by atoms with E-state index in [0.717, 1.165) is 10.9 Å². The van der Waals surface area contributed by atoms with E-state index in [-0.39, 0.29) is 29.7 Å². The number of rotatable bonds is 4. The van der Waals surface area contributed by atoms with Gasteiger partial charge in [-0.1, -0.05) is 48.5 Å². The van der Waals surface area contributed by atoms with Crippen molar-refractivity contribution in [2.24, 2.45) is 0 Å². The van der Waals surface area contributed by atoms with Crippen LogP contribution in [0.4, 0.5) is 4.39 Å². The van der Waals surface area contributed by atoms with Gasteiger partial charge in [-0.05, 0) is 35.2 Å². The van der Waals surface area contributed by atoms with E-state index in [1.807, 2.05) is 30.3 Å². The predicted octanol–water partition coefficient (Wildman–Crippen LogP) is 3.53. The second-order valence-corrected chi connectivity index (χ2v) is 9.00. The molecule has 4 rings (SSSR count). The Morgan fingerprint density at radius 2 is 1.53 bits per heavy atom. The molecule has 1 saturated heterocycles. The van der Waals surface area contributed by atoms with E-state index in [2.05, 4.69) is 0 Å². The van der Waals surface area contributed by atoms with Gasteiger partial charge in [0.15, 0.2) is 0 Å². The molecule has 0 aliphatic carbocycles. The molecule has 1 heterocycles. The standard InChI is InChI=1S/C23H21FN2O3S/c24-20-11-8-18(9-12-20)10-13-23(27)25-14-16-26(17-15-25)30(28,29)22-7-3-5-19-4-1-2-6-21(19)22/h1-13H,14-17H2/b13-10+. The van der Waals surface area contributed by atoms with E-state index in [9.17, 15) is 17.6 Å². The average molecular weight is 424 g/mol. The molecule has 1 aliphatic rings. The Hall–Kier alpha value is -3.03. The maximum absolute atomic E-state index is 13.2. The zero-order chi connectivity index (χ0) is 21.1. The van der Waals surface area contributed by atoms with E-state index in [0.29, 0.717) is 18.5 Å². The van der Waals surface area contributed by atoms with Crippen LogP contribution in [-0.2, 0) is 14.8 Å². The Morgan fingerprint density at radius 1 is 0.867 bits per heavy atom. The highest BCUT2D eigenvalue weighted by molar-refractivity contribution is 7.89. The molecule has 5 nitrogen and oxygen atoms in total. The van der Waals surface area contributed by atoms with Crippen LogP contribution in [0.5, 0.6) is 0 Å². The molecule has 154 valence electrons. The van der Waals surface area contributed by atoms with Crippen LogP contribution in [-0.4, -0.2) is 49.7 Å². The van der Waals surface area contributed by atoms with E-state index in [1.54, 1.807) is 35.2 Å². The van der Waals surface area contributed by atoms with Gasteiger partial charge in [-0.15, -0.1) is 0 Å². The molecular formula is C23H21FN2O3S. The third-order valence-electron chi connectivity index (χ3n) is 5.21. The fraction of sp³-hybridized carbons (Fsp3) is 0.174. The van der Waals surface area contributed by atoms with E-state index >= 15 is 0 Å². The summed E-state index contributed by atoms with van der Waals surface area (Å²) >= 11 is 0. The molecule has 7 heteroatoms. The Balaban J connectivity index is 1.44. The van der Waals surface area contributed by atoms with Crippen molar-refractivity contribution in [3.63, 3.8) is 0 Å². The molecule has 0 aromatic heterocycles. The smallest absolute Gasteiger partial charge is 0.246 e. The van der Waals surface area contributed by atoms with Crippen LogP contribution < -0.4 is 0 Å². The van der Waals surface area contributed by atoms with Gasteiger partial charge in [-0.2, -0.15) is 4.31 Å². The van der Waals surface area contributed by atoms with Gasteiger partial charge in [-0.3, -0.25) is 4.79 Å². The van der Waals surface area contributed by atoms with Gasteiger partial charge in [0.1, 0.15) is 5.82 Å². The number of carbonyl (C=O) groups is 1. The first kappa shape index (κ1) is 20.3. The number of benzene rings is 3. The summed E-state index contributed by atoms with van der Waals surface area (Å²) in [4.78, 5) is 14.3. The van der Waals surface area contributed by atoms with Crippen molar-refractivity contribution >= 4 is 32.8 Å². The minimum atomic E-state index is -3.66. The summed E-state index contributed by atoms with van der Waals surface area (Å²) in [7, 11) is -3.66. The first-order valence-corrected chi connectivity index (χ1v) is 11.1. The second kappa shape index (κ2) is 8.38. The maximum atomic E-state index is 13.2. The van der Waals surface area contributed by atoms with Gasteiger partial charge >= 0.3 is 0 Å². The number of fused-ring (bicyclic) bond motifs is 1. The number of carbonyl (C=O) groups excluding carboxylic acids is 1. The number of sulfonamides is 1. The van der Waals surface area contributed by atoms with Gasteiger partial charge < -0.3 is 4.90 Å². The highest BCUT2D eigenvalue weighted by Gasteiger charge is 2.30. The van der Waals surface area contributed by atoms with Crippen LogP contribution in [0.25, 0.3) is 16.8 Å². The molecule has 0 N–H and O–H groups in total. The fourth-order valence-corrected chi connectivity index (χ4v) is 5.19. The van der Waals surface area contributed by atoms with Crippen LogP contribution in [0, 0.1) is 5.82 Å². The quantitative estimate of drug-likeness (QED) is 0.602. The largest absolute Gasteiger partial charge is 0.337 e. The number of hydrogen-bond donors (Lipinski definition) is 0. The monoisotopic (exact) mass is 424 g/mol. The average Bonchev–Trinajstić information content (AvgIpc) is 2.78. The molecule has 0 atom stereocenters. The summed E-state index contributed by atoms with van der Waals surface area (Å²) < 4.78 is 40.8. The molecule has 1 fully saturated rings. The lowest BCUT2D eigenvalue weighted by molar-refractivity contribution is -0.127. The predicted molar refractivity (Wildman–Crippen MR) is 115 cm³/mol. The van der Waals surface area contributed by atoms with Gasteiger partial charge in [-0.25, -0.2) is 12.8 Å². The number of halogens is 1. The zero-order valence-electron chi connectivity index (χ0n) is 16.2. The number of amides is 1. The van der Waals surface area contributed by atoms with Crippen LogP contribution in [0.3, 0.4) is 0 Å². The number of nitrogens with zero attached hydrogens (tertiary/aromatic N) is 2. The van der Waals surface area contributed by atoms with Crippen LogP contribution >= 0.6 is 0 Å². The summed E-state index contributed by atoms with van der Waals surface area (Å²) in [5.74, 6) is -0.525. The first-order chi connectivity index (χ1) is 14.4. The fourth-order valence-electron chi connectivity index (χ4n) is 3.56. The van der Waals surface area contributed by atoms with Crippen molar-refractivity contribution in [1.29, 1.82) is 0 Å². The molecule has 3 aromatic rings. The van der Waals surface area contributed by atoms with E-state index in [1.165, 1.54) is 22.5 Å². The molecule has 0 spiro atoms. The van der Waals surface area contributed by atoms with Gasteiger partial charge in [0.2, 0.25) is 15.9 Å². The molecule has 1 aliphatic heterocycles. The molecule has 0 saturated carbocycles. The Morgan fingerprint density at radius 3 is 2.27 bits per heavy atom. The minimum absolute atomic E-state index is 0.193. The first-order valence-electron chi connectivity index (χ1n) is 9.66. The van der Waals surface area contributed by atoms with Crippen molar-refractivity contribution in [3.8, 4) is 0 Å². The van der Waals surface area contributed by atoms with Crippen molar-refractivity contribution in [1.82, 2.24) is 9.21 Å². The molecule has 0 bridgehead atoms.